The number of nitrogens with zero attached hydrogens (tertiary/aromatic N) is 2. The van der Waals surface area contributed by atoms with Gasteiger partial charge in [0.1, 0.15) is 0 Å². The van der Waals surface area contributed by atoms with Crippen LogP contribution in [0.2, 0.25) is 5.02 Å². The number of thiophene rings is 1. The number of rotatable bonds is 4. The molecule has 1 fully saturated rings. The van der Waals surface area contributed by atoms with Gasteiger partial charge in [0.05, 0.1) is 0 Å². The summed E-state index contributed by atoms with van der Waals surface area (Å²) in [4.78, 5) is 17.9. The van der Waals surface area contributed by atoms with Crippen LogP contribution in [0.4, 0.5) is 4.79 Å². The summed E-state index contributed by atoms with van der Waals surface area (Å²) in [7, 11) is 0. The molecule has 0 atom stereocenters. The third-order valence-electron chi connectivity index (χ3n) is 3.95. The molecule has 1 N–H and O–H groups in total. The number of hydrogen-bond donors (Lipinski definition) is 1. The van der Waals surface area contributed by atoms with Crippen LogP contribution in [0, 0.1) is 0 Å². The first-order chi connectivity index (χ1) is 11.2. The highest BCUT2D eigenvalue weighted by Gasteiger charge is 2.20. The molecule has 0 aliphatic carbocycles. The second-order valence-electron chi connectivity index (χ2n) is 5.63. The molecule has 1 aliphatic rings. The lowest BCUT2D eigenvalue weighted by atomic mass is 10.2. The van der Waals surface area contributed by atoms with Gasteiger partial charge in [-0.15, -0.1) is 11.3 Å². The summed E-state index contributed by atoms with van der Waals surface area (Å²) in [5.74, 6) is 0. The van der Waals surface area contributed by atoms with Crippen molar-refractivity contribution in [3.63, 3.8) is 0 Å². The minimum atomic E-state index is 0.000694. The standard InChI is InChI=1S/C17H20ClN3OS/c18-15-4-1-3-14(11-15)12-19-17(22)21-8-6-20(7-9-21)13-16-5-2-10-23-16/h1-5,10-11H,6-9,12-13H2,(H,19,22). The summed E-state index contributed by atoms with van der Waals surface area (Å²) in [5.41, 5.74) is 1.02. The van der Waals surface area contributed by atoms with Crippen LogP contribution in [0.1, 0.15) is 10.4 Å². The lowest BCUT2D eigenvalue weighted by Crippen LogP contribution is -2.51. The van der Waals surface area contributed by atoms with Gasteiger partial charge in [0.2, 0.25) is 0 Å². The van der Waals surface area contributed by atoms with Crippen molar-refractivity contribution in [3.8, 4) is 0 Å². The van der Waals surface area contributed by atoms with Crippen LogP contribution >= 0.6 is 22.9 Å². The average Bonchev–Trinajstić information content (AvgIpc) is 3.06. The molecule has 4 nitrogen and oxygen atoms in total. The summed E-state index contributed by atoms with van der Waals surface area (Å²) < 4.78 is 0. The van der Waals surface area contributed by atoms with Crippen molar-refractivity contribution < 1.29 is 4.79 Å². The molecule has 3 rings (SSSR count). The number of hydrogen-bond acceptors (Lipinski definition) is 3. The van der Waals surface area contributed by atoms with E-state index in [0.717, 1.165) is 38.3 Å². The van der Waals surface area contributed by atoms with E-state index in [4.69, 9.17) is 11.6 Å². The normalized spacial score (nSPS) is 15.6. The topological polar surface area (TPSA) is 35.6 Å². The van der Waals surface area contributed by atoms with E-state index in [9.17, 15) is 4.79 Å². The van der Waals surface area contributed by atoms with Crippen molar-refractivity contribution in [2.45, 2.75) is 13.1 Å². The molecule has 23 heavy (non-hydrogen) atoms. The maximum absolute atomic E-state index is 12.2. The molecule has 0 unspecified atom stereocenters. The molecular weight excluding hydrogens is 330 g/mol. The number of urea groups is 1. The van der Waals surface area contributed by atoms with Gasteiger partial charge in [-0.2, -0.15) is 0 Å². The molecule has 1 aliphatic heterocycles. The van der Waals surface area contributed by atoms with Gasteiger partial charge in [0, 0.05) is 49.2 Å². The van der Waals surface area contributed by atoms with Crippen LogP contribution in [-0.2, 0) is 13.1 Å². The quantitative estimate of drug-likeness (QED) is 0.917. The summed E-state index contributed by atoms with van der Waals surface area (Å²) in [5, 5.41) is 5.77. The van der Waals surface area contributed by atoms with E-state index < -0.39 is 0 Å². The van der Waals surface area contributed by atoms with Gasteiger partial charge < -0.3 is 10.2 Å². The summed E-state index contributed by atoms with van der Waals surface area (Å²) in [6, 6.07) is 11.8. The van der Waals surface area contributed by atoms with Crippen molar-refractivity contribution >= 4 is 29.0 Å². The number of nitrogens with one attached hydrogen (secondary N) is 1. The predicted molar refractivity (Wildman–Crippen MR) is 94.9 cm³/mol. The molecule has 1 saturated heterocycles. The minimum Gasteiger partial charge on any atom is -0.334 e. The van der Waals surface area contributed by atoms with Crippen LogP contribution in [0.15, 0.2) is 41.8 Å². The molecular formula is C17H20ClN3OS. The Morgan fingerprint density at radius 1 is 1.17 bits per heavy atom. The monoisotopic (exact) mass is 349 g/mol. The van der Waals surface area contributed by atoms with Crippen molar-refractivity contribution in [2.24, 2.45) is 0 Å². The highest BCUT2D eigenvalue weighted by Crippen LogP contribution is 2.14. The summed E-state index contributed by atoms with van der Waals surface area (Å²) in [6.45, 7) is 4.87. The maximum Gasteiger partial charge on any atom is 0.317 e. The zero-order valence-corrected chi connectivity index (χ0v) is 14.4. The number of piperazine rings is 1. The van der Waals surface area contributed by atoms with Crippen LogP contribution in [0.25, 0.3) is 0 Å². The number of benzene rings is 1. The van der Waals surface area contributed by atoms with E-state index in [1.807, 2.05) is 29.2 Å². The molecule has 2 heterocycles. The first-order valence-electron chi connectivity index (χ1n) is 7.73. The van der Waals surface area contributed by atoms with Crippen molar-refractivity contribution in [1.82, 2.24) is 15.1 Å². The molecule has 2 amide bonds. The largest absolute Gasteiger partial charge is 0.334 e. The molecule has 1 aromatic heterocycles. The van der Waals surface area contributed by atoms with Gasteiger partial charge in [-0.25, -0.2) is 4.79 Å². The lowest BCUT2D eigenvalue weighted by molar-refractivity contribution is 0.135. The van der Waals surface area contributed by atoms with Gasteiger partial charge in [0.25, 0.3) is 0 Å². The Bertz CT molecular complexity index is 639. The SMILES string of the molecule is O=C(NCc1cccc(Cl)c1)N1CCN(Cc2cccs2)CC1. The number of carbonyl (C=O) groups excluding carboxylic acids is 1. The Labute approximate surface area is 145 Å². The summed E-state index contributed by atoms with van der Waals surface area (Å²) in [6.07, 6.45) is 0. The van der Waals surface area contributed by atoms with Crippen LogP contribution < -0.4 is 5.32 Å². The molecule has 0 spiro atoms. The Kier molecular flexibility index (Phi) is 5.54. The van der Waals surface area contributed by atoms with Crippen LogP contribution in [0.5, 0.6) is 0 Å². The molecule has 0 bridgehead atoms. The van der Waals surface area contributed by atoms with Gasteiger partial charge in [-0.05, 0) is 29.1 Å². The number of amides is 2. The molecule has 1 aromatic carbocycles. The Morgan fingerprint density at radius 2 is 2.00 bits per heavy atom. The van der Waals surface area contributed by atoms with Crippen molar-refractivity contribution in [1.29, 1.82) is 0 Å². The second kappa shape index (κ2) is 7.81. The Balaban J connectivity index is 1.43. The van der Waals surface area contributed by atoms with E-state index in [1.165, 1.54) is 4.88 Å². The highest BCUT2D eigenvalue weighted by atomic mass is 35.5. The molecule has 6 heteroatoms. The van der Waals surface area contributed by atoms with Crippen LogP contribution in [0.3, 0.4) is 0 Å². The molecule has 2 aromatic rings. The molecule has 0 saturated carbocycles. The zero-order valence-electron chi connectivity index (χ0n) is 12.9. The van der Waals surface area contributed by atoms with Crippen molar-refractivity contribution in [3.05, 3.63) is 57.2 Å². The number of carbonyl (C=O) groups is 1. The van der Waals surface area contributed by atoms with E-state index in [-0.39, 0.29) is 6.03 Å². The summed E-state index contributed by atoms with van der Waals surface area (Å²) >= 11 is 7.74. The lowest BCUT2D eigenvalue weighted by Gasteiger charge is -2.34. The Morgan fingerprint density at radius 3 is 2.70 bits per heavy atom. The third kappa shape index (κ3) is 4.70. The Hall–Kier alpha value is -1.56. The van der Waals surface area contributed by atoms with Gasteiger partial charge in [-0.3, -0.25) is 4.90 Å². The van der Waals surface area contributed by atoms with Gasteiger partial charge >= 0.3 is 6.03 Å². The zero-order chi connectivity index (χ0) is 16.1. The maximum atomic E-state index is 12.2. The van der Waals surface area contributed by atoms with E-state index >= 15 is 0 Å². The fourth-order valence-electron chi connectivity index (χ4n) is 2.67. The smallest absolute Gasteiger partial charge is 0.317 e. The second-order valence-corrected chi connectivity index (χ2v) is 7.10. The van der Waals surface area contributed by atoms with Gasteiger partial charge in [-0.1, -0.05) is 29.8 Å². The van der Waals surface area contributed by atoms with E-state index in [2.05, 4.69) is 27.7 Å². The first kappa shape index (κ1) is 16.3. The third-order valence-corrected chi connectivity index (χ3v) is 5.05. The highest BCUT2D eigenvalue weighted by molar-refractivity contribution is 7.09. The molecule has 122 valence electrons. The average molecular weight is 350 g/mol. The number of halogens is 1. The fourth-order valence-corrected chi connectivity index (χ4v) is 3.63. The van der Waals surface area contributed by atoms with Crippen LogP contribution in [-0.4, -0.2) is 42.0 Å². The molecule has 0 radical (unpaired) electrons. The fraction of sp³-hybridized carbons (Fsp3) is 0.353. The van der Waals surface area contributed by atoms with Gasteiger partial charge in [0.15, 0.2) is 0 Å². The van der Waals surface area contributed by atoms with Crippen molar-refractivity contribution in [2.75, 3.05) is 26.2 Å². The minimum absolute atomic E-state index is 0.000694. The predicted octanol–water partition coefficient (Wildman–Crippen LogP) is 3.43. The van der Waals surface area contributed by atoms with E-state index in [1.54, 1.807) is 11.3 Å². The first-order valence-corrected chi connectivity index (χ1v) is 8.98. The van der Waals surface area contributed by atoms with E-state index in [0.29, 0.717) is 11.6 Å².